The van der Waals surface area contributed by atoms with E-state index in [0.717, 1.165) is 17.7 Å². The SMILES string of the molecule is O=C(O)CS[C@@H]1CCCC[C@H]1Sc1ccc(F)cc1. The Morgan fingerprint density at radius 3 is 2.47 bits per heavy atom. The number of carbonyl (C=O) groups is 1. The van der Waals surface area contributed by atoms with E-state index in [0.29, 0.717) is 10.5 Å². The van der Waals surface area contributed by atoms with Crippen molar-refractivity contribution in [3.05, 3.63) is 30.1 Å². The van der Waals surface area contributed by atoms with Gasteiger partial charge in [0.05, 0.1) is 5.75 Å². The monoisotopic (exact) mass is 300 g/mol. The van der Waals surface area contributed by atoms with E-state index in [1.54, 1.807) is 35.7 Å². The Balaban J connectivity index is 1.95. The molecule has 1 saturated carbocycles. The number of thioether (sulfide) groups is 2. The van der Waals surface area contributed by atoms with E-state index in [1.807, 2.05) is 0 Å². The van der Waals surface area contributed by atoms with Crippen molar-refractivity contribution in [2.75, 3.05) is 5.75 Å². The summed E-state index contributed by atoms with van der Waals surface area (Å²) in [5.41, 5.74) is 0. The van der Waals surface area contributed by atoms with Crippen molar-refractivity contribution in [1.82, 2.24) is 0 Å². The lowest BCUT2D eigenvalue weighted by molar-refractivity contribution is -0.133. The van der Waals surface area contributed by atoms with Crippen LogP contribution in [0.25, 0.3) is 0 Å². The molecule has 1 aliphatic carbocycles. The largest absolute Gasteiger partial charge is 0.481 e. The fourth-order valence-electron chi connectivity index (χ4n) is 2.25. The van der Waals surface area contributed by atoms with Gasteiger partial charge >= 0.3 is 5.97 Å². The van der Waals surface area contributed by atoms with Crippen LogP contribution in [0.4, 0.5) is 4.39 Å². The summed E-state index contributed by atoms with van der Waals surface area (Å²) in [5.74, 6) is -0.795. The van der Waals surface area contributed by atoms with Crippen molar-refractivity contribution in [2.45, 2.75) is 41.1 Å². The predicted octanol–water partition coefficient (Wildman–Crippen LogP) is 4.05. The first kappa shape index (κ1) is 14.7. The van der Waals surface area contributed by atoms with Crippen LogP contribution in [0.3, 0.4) is 0 Å². The summed E-state index contributed by atoms with van der Waals surface area (Å²) < 4.78 is 12.9. The van der Waals surface area contributed by atoms with Crippen molar-refractivity contribution < 1.29 is 14.3 Å². The number of benzene rings is 1. The average molecular weight is 300 g/mol. The first-order valence-corrected chi connectivity index (χ1v) is 8.33. The highest BCUT2D eigenvalue weighted by Gasteiger charge is 2.26. The maximum atomic E-state index is 12.9. The zero-order chi connectivity index (χ0) is 13.7. The van der Waals surface area contributed by atoms with E-state index < -0.39 is 5.97 Å². The normalized spacial score (nSPS) is 23.2. The zero-order valence-electron chi connectivity index (χ0n) is 10.5. The number of aliphatic carboxylic acids is 1. The summed E-state index contributed by atoms with van der Waals surface area (Å²) in [4.78, 5) is 11.7. The molecule has 0 bridgehead atoms. The molecule has 0 saturated heterocycles. The highest BCUT2D eigenvalue weighted by molar-refractivity contribution is 8.04. The first-order chi connectivity index (χ1) is 9.15. The molecule has 0 aromatic heterocycles. The lowest BCUT2D eigenvalue weighted by Gasteiger charge is -2.30. The van der Waals surface area contributed by atoms with Crippen LogP contribution in [0.15, 0.2) is 29.2 Å². The quantitative estimate of drug-likeness (QED) is 0.890. The first-order valence-electron chi connectivity index (χ1n) is 6.41. The van der Waals surface area contributed by atoms with Crippen LogP contribution in [0, 0.1) is 5.82 Å². The van der Waals surface area contributed by atoms with Gasteiger partial charge < -0.3 is 5.11 Å². The van der Waals surface area contributed by atoms with Crippen LogP contribution in [0.5, 0.6) is 0 Å². The predicted molar refractivity (Wildman–Crippen MR) is 78.4 cm³/mol. The van der Waals surface area contributed by atoms with Crippen LogP contribution in [0.1, 0.15) is 25.7 Å². The van der Waals surface area contributed by atoms with Crippen molar-refractivity contribution >= 4 is 29.5 Å². The zero-order valence-corrected chi connectivity index (χ0v) is 12.2. The molecule has 5 heteroatoms. The molecular formula is C14H17FO2S2. The molecule has 19 heavy (non-hydrogen) atoms. The third-order valence-corrected chi connectivity index (χ3v) is 6.15. The molecule has 0 amide bonds. The van der Waals surface area contributed by atoms with E-state index in [1.165, 1.54) is 25.0 Å². The van der Waals surface area contributed by atoms with E-state index in [9.17, 15) is 9.18 Å². The highest BCUT2D eigenvalue weighted by Crippen LogP contribution is 2.39. The number of hydrogen-bond donors (Lipinski definition) is 1. The minimum atomic E-state index is -0.749. The van der Waals surface area contributed by atoms with Crippen molar-refractivity contribution in [3.8, 4) is 0 Å². The molecule has 0 radical (unpaired) electrons. The van der Waals surface area contributed by atoms with Crippen molar-refractivity contribution in [3.63, 3.8) is 0 Å². The van der Waals surface area contributed by atoms with Crippen LogP contribution in [0.2, 0.25) is 0 Å². The van der Waals surface area contributed by atoms with Crippen LogP contribution >= 0.6 is 23.5 Å². The highest BCUT2D eigenvalue weighted by atomic mass is 32.2. The Kier molecular flexibility index (Phi) is 5.58. The molecule has 2 rings (SSSR count). The molecule has 0 unspecified atom stereocenters. The van der Waals surface area contributed by atoms with E-state index in [2.05, 4.69) is 0 Å². The Morgan fingerprint density at radius 1 is 1.21 bits per heavy atom. The van der Waals surface area contributed by atoms with Gasteiger partial charge in [0.15, 0.2) is 0 Å². The maximum Gasteiger partial charge on any atom is 0.313 e. The molecule has 1 aromatic rings. The third kappa shape index (κ3) is 4.73. The molecule has 1 aromatic carbocycles. The molecule has 1 fully saturated rings. The Morgan fingerprint density at radius 2 is 1.84 bits per heavy atom. The summed E-state index contributed by atoms with van der Waals surface area (Å²) in [6.07, 6.45) is 4.57. The molecule has 1 N–H and O–H groups in total. The summed E-state index contributed by atoms with van der Waals surface area (Å²) in [7, 11) is 0. The van der Waals surface area contributed by atoms with Crippen LogP contribution < -0.4 is 0 Å². The number of halogens is 1. The van der Waals surface area contributed by atoms with Gasteiger partial charge in [0.2, 0.25) is 0 Å². The Labute approximate surface area is 121 Å². The molecule has 0 aliphatic heterocycles. The number of hydrogen-bond acceptors (Lipinski definition) is 3. The van der Waals surface area contributed by atoms with Gasteiger partial charge in [-0.25, -0.2) is 4.39 Å². The number of rotatable bonds is 5. The topological polar surface area (TPSA) is 37.3 Å². The fraction of sp³-hybridized carbons (Fsp3) is 0.500. The summed E-state index contributed by atoms with van der Waals surface area (Å²) in [5, 5.41) is 9.60. The molecule has 2 nitrogen and oxygen atoms in total. The van der Waals surface area contributed by atoms with Gasteiger partial charge in [-0.05, 0) is 37.1 Å². The minimum absolute atomic E-state index is 0.172. The molecule has 1 aliphatic rings. The van der Waals surface area contributed by atoms with Crippen molar-refractivity contribution in [1.29, 1.82) is 0 Å². The van der Waals surface area contributed by atoms with Gasteiger partial charge in [-0.2, -0.15) is 0 Å². The average Bonchev–Trinajstić information content (AvgIpc) is 2.40. The van der Waals surface area contributed by atoms with E-state index in [-0.39, 0.29) is 11.6 Å². The van der Waals surface area contributed by atoms with Gasteiger partial charge in [-0.1, -0.05) is 12.8 Å². The van der Waals surface area contributed by atoms with Gasteiger partial charge in [0.1, 0.15) is 5.82 Å². The summed E-state index contributed by atoms with van der Waals surface area (Å²) in [6, 6.07) is 6.55. The van der Waals surface area contributed by atoms with Crippen LogP contribution in [-0.4, -0.2) is 27.3 Å². The van der Waals surface area contributed by atoms with Gasteiger partial charge in [-0.15, -0.1) is 23.5 Å². The summed E-state index contributed by atoms with van der Waals surface area (Å²) in [6.45, 7) is 0. The summed E-state index contributed by atoms with van der Waals surface area (Å²) >= 11 is 3.29. The number of carboxylic acid groups (broad SMARTS) is 1. The second-order valence-electron chi connectivity index (χ2n) is 4.64. The maximum absolute atomic E-state index is 12.9. The number of carboxylic acids is 1. The Bertz CT molecular complexity index is 422. The molecule has 0 heterocycles. The van der Waals surface area contributed by atoms with Gasteiger partial charge in [0.25, 0.3) is 0 Å². The van der Waals surface area contributed by atoms with Crippen LogP contribution in [-0.2, 0) is 4.79 Å². The van der Waals surface area contributed by atoms with Gasteiger partial charge in [-0.3, -0.25) is 4.79 Å². The second kappa shape index (κ2) is 7.20. The van der Waals surface area contributed by atoms with Crippen molar-refractivity contribution in [2.24, 2.45) is 0 Å². The van der Waals surface area contributed by atoms with Gasteiger partial charge in [0, 0.05) is 15.4 Å². The molecule has 0 spiro atoms. The van der Waals surface area contributed by atoms with E-state index >= 15 is 0 Å². The lowest BCUT2D eigenvalue weighted by atomic mass is 10.00. The third-order valence-electron chi connectivity index (χ3n) is 3.16. The molecule has 104 valence electrons. The molecular weight excluding hydrogens is 283 g/mol. The second-order valence-corrected chi connectivity index (χ2v) is 7.18. The van der Waals surface area contributed by atoms with E-state index in [4.69, 9.17) is 5.11 Å². The fourth-order valence-corrected chi connectivity index (χ4v) is 4.91. The minimum Gasteiger partial charge on any atom is -0.481 e. The molecule has 2 atom stereocenters. The standard InChI is InChI=1S/C14H17FO2S2/c15-10-5-7-11(8-6-10)19-13-4-2-1-3-12(13)18-9-14(16)17/h5-8,12-13H,1-4,9H2,(H,16,17)/t12-,13-/m1/s1. The Hall–Kier alpha value is -0.680. The lowest BCUT2D eigenvalue weighted by Crippen LogP contribution is -2.25. The smallest absolute Gasteiger partial charge is 0.313 e.